The van der Waals surface area contributed by atoms with Crippen molar-refractivity contribution in [3.63, 3.8) is 0 Å². The van der Waals surface area contributed by atoms with Crippen LogP contribution in [0.5, 0.6) is 0 Å². The number of hydrogen-bond donors (Lipinski definition) is 1. The Bertz CT molecular complexity index is 526. The Hall–Kier alpha value is -0.870. The molecule has 0 bridgehead atoms. The second-order valence-corrected chi connectivity index (χ2v) is 4.17. The minimum absolute atomic E-state index is 0.280. The SMILES string of the molecule is CC(C)n1c(=S)[nH]c2ccc(Cl)nc21. The number of aromatic nitrogens is 3. The van der Waals surface area contributed by atoms with Gasteiger partial charge in [0.25, 0.3) is 0 Å². The second kappa shape index (κ2) is 3.37. The summed E-state index contributed by atoms with van der Waals surface area (Å²) in [5.41, 5.74) is 1.74. The Balaban J connectivity index is 2.86. The average Bonchev–Trinajstić information content (AvgIpc) is 2.40. The zero-order chi connectivity index (χ0) is 10.3. The van der Waals surface area contributed by atoms with Crippen molar-refractivity contribution in [3.05, 3.63) is 22.1 Å². The standard InChI is InChI=1S/C9H10ClN3S/c1-5(2)13-8-6(11-9(13)14)3-4-7(10)12-8/h3-5H,1-2H3,(H,11,14). The van der Waals surface area contributed by atoms with Crippen LogP contribution in [0.25, 0.3) is 11.2 Å². The molecule has 3 nitrogen and oxygen atoms in total. The van der Waals surface area contributed by atoms with Crippen molar-refractivity contribution in [1.82, 2.24) is 14.5 Å². The summed E-state index contributed by atoms with van der Waals surface area (Å²) in [6.45, 7) is 4.12. The van der Waals surface area contributed by atoms with E-state index in [2.05, 4.69) is 23.8 Å². The van der Waals surface area contributed by atoms with Gasteiger partial charge in [0.2, 0.25) is 0 Å². The number of fused-ring (bicyclic) bond motifs is 1. The van der Waals surface area contributed by atoms with Gasteiger partial charge < -0.3 is 4.98 Å². The maximum absolute atomic E-state index is 5.83. The number of nitrogens with zero attached hydrogens (tertiary/aromatic N) is 2. The summed E-state index contributed by atoms with van der Waals surface area (Å²) >= 11 is 11.0. The predicted octanol–water partition coefficient (Wildman–Crippen LogP) is 3.33. The maximum Gasteiger partial charge on any atom is 0.179 e. The van der Waals surface area contributed by atoms with Gasteiger partial charge in [0.1, 0.15) is 5.15 Å². The molecule has 0 saturated heterocycles. The first-order valence-electron chi connectivity index (χ1n) is 4.36. The molecule has 14 heavy (non-hydrogen) atoms. The first-order chi connectivity index (χ1) is 6.59. The zero-order valence-electron chi connectivity index (χ0n) is 7.91. The van der Waals surface area contributed by atoms with Crippen LogP contribution < -0.4 is 0 Å². The fraction of sp³-hybridized carbons (Fsp3) is 0.333. The minimum atomic E-state index is 0.280. The van der Waals surface area contributed by atoms with E-state index >= 15 is 0 Å². The highest BCUT2D eigenvalue weighted by Gasteiger charge is 2.08. The molecule has 0 aliphatic carbocycles. The van der Waals surface area contributed by atoms with Gasteiger partial charge in [-0.2, -0.15) is 0 Å². The number of aromatic amines is 1. The highest BCUT2D eigenvalue weighted by atomic mass is 35.5. The van der Waals surface area contributed by atoms with Gasteiger partial charge in [0.15, 0.2) is 10.4 Å². The van der Waals surface area contributed by atoms with Gasteiger partial charge in [-0.15, -0.1) is 0 Å². The first-order valence-corrected chi connectivity index (χ1v) is 5.15. The van der Waals surface area contributed by atoms with Crippen molar-refractivity contribution in [2.24, 2.45) is 0 Å². The minimum Gasteiger partial charge on any atom is -0.329 e. The highest BCUT2D eigenvalue weighted by molar-refractivity contribution is 7.71. The third-order valence-electron chi connectivity index (χ3n) is 2.05. The Morgan fingerprint density at radius 3 is 2.86 bits per heavy atom. The van der Waals surface area contributed by atoms with E-state index in [0.29, 0.717) is 9.92 Å². The molecule has 0 aliphatic heterocycles. The topological polar surface area (TPSA) is 33.6 Å². The van der Waals surface area contributed by atoms with Gasteiger partial charge in [-0.25, -0.2) is 4.98 Å². The lowest BCUT2D eigenvalue weighted by atomic mass is 10.4. The van der Waals surface area contributed by atoms with Gasteiger partial charge in [-0.05, 0) is 38.2 Å². The van der Waals surface area contributed by atoms with Crippen molar-refractivity contribution < 1.29 is 0 Å². The third-order valence-corrected chi connectivity index (χ3v) is 2.56. The normalized spacial score (nSPS) is 11.4. The van der Waals surface area contributed by atoms with Gasteiger partial charge >= 0.3 is 0 Å². The lowest BCUT2D eigenvalue weighted by molar-refractivity contribution is 0.605. The van der Waals surface area contributed by atoms with Crippen LogP contribution in [0, 0.1) is 4.77 Å². The van der Waals surface area contributed by atoms with Crippen molar-refractivity contribution in [3.8, 4) is 0 Å². The van der Waals surface area contributed by atoms with Gasteiger partial charge in [0, 0.05) is 6.04 Å². The Morgan fingerprint density at radius 1 is 1.50 bits per heavy atom. The summed E-state index contributed by atoms with van der Waals surface area (Å²) in [5, 5.41) is 0.487. The highest BCUT2D eigenvalue weighted by Crippen LogP contribution is 2.18. The number of pyridine rings is 1. The molecule has 0 fully saturated rings. The molecule has 0 spiro atoms. The van der Waals surface area contributed by atoms with Crippen LogP contribution in [0.4, 0.5) is 0 Å². The summed E-state index contributed by atoms with van der Waals surface area (Å²) in [7, 11) is 0. The van der Waals surface area contributed by atoms with E-state index in [-0.39, 0.29) is 6.04 Å². The molecule has 1 N–H and O–H groups in total. The quantitative estimate of drug-likeness (QED) is 0.599. The van der Waals surface area contributed by atoms with Gasteiger partial charge in [0.05, 0.1) is 5.52 Å². The van der Waals surface area contributed by atoms with E-state index in [9.17, 15) is 0 Å². The van der Waals surface area contributed by atoms with Crippen LogP contribution in [-0.2, 0) is 0 Å². The van der Waals surface area contributed by atoms with Crippen LogP contribution in [0.3, 0.4) is 0 Å². The maximum atomic E-state index is 5.83. The largest absolute Gasteiger partial charge is 0.329 e. The van der Waals surface area contributed by atoms with Crippen LogP contribution >= 0.6 is 23.8 Å². The van der Waals surface area contributed by atoms with Crippen LogP contribution in [-0.4, -0.2) is 14.5 Å². The smallest absolute Gasteiger partial charge is 0.179 e. The molecule has 2 aromatic rings. The Labute approximate surface area is 91.7 Å². The molecule has 0 atom stereocenters. The van der Waals surface area contributed by atoms with E-state index in [4.69, 9.17) is 23.8 Å². The lowest BCUT2D eigenvalue weighted by Gasteiger charge is -2.06. The molecule has 0 saturated carbocycles. The molecule has 0 radical (unpaired) electrons. The van der Waals surface area contributed by atoms with Crippen molar-refractivity contribution in [1.29, 1.82) is 0 Å². The summed E-state index contributed by atoms with van der Waals surface area (Å²) in [4.78, 5) is 7.34. The fourth-order valence-corrected chi connectivity index (χ4v) is 2.01. The van der Waals surface area contributed by atoms with E-state index in [1.165, 1.54) is 0 Å². The Kier molecular flexibility index (Phi) is 2.33. The fourth-order valence-electron chi connectivity index (χ4n) is 1.46. The molecular weight excluding hydrogens is 218 g/mol. The molecule has 0 aliphatic rings. The number of H-pyrrole nitrogens is 1. The van der Waals surface area contributed by atoms with Crippen molar-refractivity contribution in [2.75, 3.05) is 0 Å². The van der Waals surface area contributed by atoms with E-state index < -0.39 is 0 Å². The molecular formula is C9H10ClN3S. The molecule has 0 unspecified atom stereocenters. The van der Waals surface area contributed by atoms with Crippen LogP contribution in [0.2, 0.25) is 5.15 Å². The Morgan fingerprint density at radius 2 is 2.21 bits per heavy atom. The molecule has 0 aromatic carbocycles. The number of hydrogen-bond acceptors (Lipinski definition) is 2. The van der Waals surface area contributed by atoms with Crippen LogP contribution in [0.15, 0.2) is 12.1 Å². The third kappa shape index (κ3) is 1.44. The molecule has 5 heteroatoms. The number of nitrogens with one attached hydrogen (secondary N) is 1. The number of imidazole rings is 1. The molecule has 74 valence electrons. The molecule has 2 rings (SSSR count). The second-order valence-electron chi connectivity index (χ2n) is 3.40. The molecule has 2 aromatic heterocycles. The first kappa shape index (κ1) is 9.68. The molecule has 0 amide bonds. The summed E-state index contributed by atoms with van der Waals surface area (Å²) in [5.74, 6) is 0. The zero-order valence-corrected chi connectivity index (χ0v) is 9.49. The van der Waals surface area contributed by atoms with Gasteiger partial charge in [-0.3, -0.25) is 4.57 Å². The van der Waals surface area contributed by atoms with E-state index in [1.54, 1.807) is 6.07 Å². The van der Waals surface area contributed by atoms with Crippen LogP contribution in [0.1, 0.15) is 19.9 Å². The summed E-state index contributed by atoms with van der Waals surface area (Å²) in [6.07, 6.45) is 0. The van der Waals surface area contributed by atoms with E-state index in [1.807, 2.05) is 10.6 Å². The average molecular weight is 228 g/mol. The van der Waals surface area contributed by atoms with E-state index in [0.717, 1.165) is 11.2 Å². The predicted molar refractivity (Wildman–Crippen MR) is 60.3 cm³/mol. The van der Waals surface area contributed by atoms with Gasteiger partial charge in [-0.1, -0.05) is 11.6 Å². The number of halogens is 1. The van der Waals surface area contributed by atoms with Crippen molar-refractivity contribution in [2.45, 2.75) is 19.9 Å². The summed E-state index contributed by atoms with van der Waals surface area (Å²) < 4.78 is 2.64. The van der Waals surface area contributed by atoms with Crippen molar-refractivity contribution >= 4 is 35.0 Å². The monoisotopic (exact) mass is 227 g/mol. The number of rotatable bonds is 1. The lowest BCUT2D eigenvalue weighted by Crippen LogP contribution is -2.01. The molecule has 2 heterocycles. The summed E-state index contributed by atoms with van der Waals surface area (Å²) in [6, 6.07) is 3.92.